The van der Waals surface area contributed by atoms with Crippen molar-refractivity contribution in [2.75, 3.05) is 12.4 Å². The molecule has 0 atom stereocenters. The Hall–Kier alpha value is -3.75. The molecule has 0 saturated heterocycles. The number of urea groups is 1. The Morgan fingerprint density at radius 3 is 2.54 bits per heavy atom. The molecule has 7 nitrogen and oxygen atoms in total. The normalized spacial score (nSPS) is 10.4. The van der Waals surface area contributed by atoms with Gasteiger partial charge in [-0.15, -0.1) is 0 Å². The standard InChI is InChI=1S/C19H16F2N4O3/c1-28-18(26)14-9-17(16(21)10-15(14)20)24-19(27)22-11-12-3-5-13(6-4-12)25-8-2-7-23-25/h2-10H,11H2,1H3,(H2,22,24,27). The second kappa shape index (κ2) is 8.30. The van der Waals surface area contributed by atoms with Crippen LogP contribution in [0, 0.1) is 11.6 Å². The summed E-state index contributed by atoms with van der Waals surface area (Å²) >= 11 is 0. The highest BCUT2D eigenvalue weighted by molar-refractivity contribution is 5.94. The molecule has 0 aliphatic rings. The van der Waals surface area contributed by atoms with Crippen molar-refractivity contribution < 1.29 is 23.1 Å². The van der Waals surface area contributed by atoms with Crippen molar-refractivity contribution in [3.05, 3.63) is 77.6 Å². The second-order valence-corrected chi connectivity index (χ2v) is 5.73. The number of nitrogens with zero attached hydrogens (tertiary/aromatic N) is 2. The zero-order valence-corrected chi connectivity index (χ0v) is 14.8. The maximum Gasteiger partial charge on any atom is 0.340 e. The van der Waals surface area contributed by atoms with Gasteiger partial charge in [-0.25, -0.2) is 23.1 Å². The van der Waals surface area contributed by atoms with Crippen LogP contribution in [0.25, 0.3) is 5.69 Å². The molecular weight excluding hydrogens is 370 g/mol. The fraction of sp³-hybridized carbons (Fsp3) is 0.105. The zero-order valence-electron chi connectivity index (χ0n) is 14.8. The van der Waals surface area contributed by atoms with Gasteiger partial charge in [0.05, 0.1) is 24.0 Å². The number of methoxy groups -OCH3 is 1. The van der Waals surface area contributed by atoms with Gasteiger partial charge in [-0.05, 0) is 29.8 Å². The number of hydrogen-bond acceptors (Lipinski definition) is 4. The van der Waals surface area contributed by atoms with Crippen molar-refractivity contribution in [3.63, 3.8) is 0 Å². The summed E-state index contributed by atoms with van der Waals surface area (Å²) in [6, 6.07) is 9.78. The molecule has 144 valence electrons. The summed E-state index contributed by atoms with van der Waals surface area (Å²) in [5, 5.41) is 8.92. The summed E-state index contributed by atoms with van der Waals surface area (Å²) in [4.78, 5) is 23.5. The van der Waals surface area contributed by atoms with Crippen molar-refractivity contribution in [1.29, 1.82) is 0 Å². The third-order valence-electron chi connectivity index (χ3n) is 3.87. The maximum atomic E-state index is 13.9. The molecule has 0 fully saturated rings. The summed E-state index contributed by atoms with van der Waals surface area (Å²) in [5.41, 5.74) is 0.851. The van der Waals surface area contributed by atoms with Crippen LogP contribution in [0.1, 0.15) is 15.9 Å². The van der Waals surface area contributed by atoms with Crippen molar-refractivity contribution >= 4 is 17.7 Å². The van der Waals surface area contributed by atoms with E-state index >= 15 is 0 Å². The van der Waals surface area contributed by atoms with Gasteiger partial charge >= 0.3 is 12.0 Å². The summed E-state index contributed by atoms with van der Waals surface area (Å²) in [6.45, 7) is 0.178. The summed E-state index contributed by atoms with van der Waals surface area (Å²) in [5.74, 6) is -3.06. The van der Waals surface area contributed by atoms with Gasteiger partial charge in [0.15, 0.2) is 0 Å². The van der Waals surface area contributed by atoms with Crippen LogP contribution in [0.4, 0.5) is 19.3 Å². The largest absolute Gasteiger partial charge is 0.465 e. The van der Waals surface area contributed by atoms with E-state index in [1.807, 2.05) is 24.3 Å². The quantitative estimate of drug-likeness (QED) is 0.659. The fourth-order valence-electron chi connectivity index (χ4n) is 2.45. The molecule has 0 saturated carbocycles. The lowest BCUT2D eigenvalue weighted by atomic mass is 10.2. The van der Waals surface area contributed by atoms with Crippen LogP contribution in [0.5, 0.6) is 0 Å². The minimum Gasteiger partial charge on any atom is -0.465 e. The van der Waals surface area contributed by atoms with E-state index < -0.39 is 29.2 Å². The molecule has 2 N–H and O–H groups in total. The molecule has 0 spiro atoms. The van der Waals surface area contributed by atoms with E-state index in [4.69, 9.17) is 0 Å². The van der Waals surface area contributed by atoms with Crippen molar-refractivity contribution in [1.82, 2.24) is 15.1 Å². The van der Waals surface area contributed by atoms with Crippen LogP contribution in [0.15, 0.2) is 54.9 Å². The predicted molar refractivity (Wildman–Crippen MR) is 97.1 cm³/mol. The molecule has 1 aromatic heterocycles. The van der Waals surface area contributed by atoms with Gasteiger partial charge in [-0.3, -0.25) is 0 Å². The van der Waals surface area contributed by atoms with E-state index in [2.05, 4.69) is 20.5 Å². The van der Waals surface area contributed by atoms with E-state index in [9.17, 15) is 18.4 Å². The smallest absolute Gasteiger partial charge is 0.340 e. The van der Waals surface area contributed by atoms with Crippen molar-refractivity contribution in [3.8, 4) is 5.69 Å². The maximum absolute atomic E-state index is 13.9. The SMILES string of the molecule is COC(=O)c1cc(NC(=O)NCc2ccc(-n3cccn3)cc2)c(F)cc1F. The molecule has 2 amide bonds. The van der Waals surface area contributed by atoms with Gasteiger partial charge in [0.25, 0.3) is 0 Å². The third-order valence-corrected chi connectivity index (χ3v) is 3.87. The molecule has 0 unspecified atom stereocenters. The van der Waals surface area contributed by atoms with Crippen LogP contribution in [0.2, 0.25) is 0 Å². The van der Waals surface area contributed by atoms with Gasteiger partial charge in [0, 0.05) is 25.0 Å². The molecule has 9 heteroatoms. The van der Waals surface area contributed by atoms with Gasteiger partial charge in [0.2, 0.25) is 0 Å². The Kier molecular flexibility index (Phi) is 5.64. The number of halogens is 2. The number of carbonyl (C=O) groups is 2. The number of amides is 2. The number of rotatable bonds is 5. The first-order valence-corrected chi connectivity index (χ1v) is 8.19. The van der Waals surface area contributed by atoms with Gasteiger partial charge < -0.3 is 15.4 Å². The summed E-state index contributed by atoms with van der Waals surface area (Å²) in [7, 11) is 1.07. The van der Waals surface area contributed by atoms with Crippen LogP contribution in [0.3, 0.4) is 0 Å². The minimum absolute atomic E-state index is 0.178. The van der Waals surface area contributed by atoms with Gasteiger partial charge in [0.1, 0.15) is 11.6 Å². The average molecular weight is 386 g/mol. The topological polar surface area (TPSA) is 85.2 Å². The van der Waals surface area contributed by atoms with E-state index in [1.165, 1.54) is 0 Å². The Balaban J connectivity index is 1.62. The van der Waals surface area contributed by atoms with Gasteiger partial charge in [-0.1, -0.05) is 12.1 Å². The first-order valence-electron chi connectivity index (χ1n) is 8.19. The summed E-state index contributed by atoms with van der Waals surface area (Å²) in [6.07, 6.45) is 3.47. The summed E-state index contributed by atoms with van der Waals surface area (Å²) < 4.78 is 33.6. The molecule has 0 bridgehead atoms. The lowest BCUT2D eigenvalue weighted by molar-refractivity contribution is 0.0595. The Labute approximate surface area is 158 Å². The van der Waals surface area contributed by atoms with E-state index in [1.54, 1.807) is 23.1 Å². The zero-order chi connectivity index (χ0) is 20.1. The monoisotopic (exact) mass is 386 g/mol. The Morgan fingerprint density at radius 2 is 1.89 bits per heavy atom. The fourth-order valence-corrected chi connectivity index (χ4v) is 2.45. The lowest BCUT2D eigenvalue weighted by Crippen LogP contribution is -2.28. The molecule has 1 heterocycles. The molecule has 0 aliphatic carbocycles. The molecule has 3 rings (SSSR count). The molecular formula is C19H16F2N4O3. The van der Waals surface area contributed by atoms with Crippen LogP contribution < -0.4 is 10.6 Å². The second-order valence-electron chi connectivity index (χ2n) is 5.73. The minimum atomic E-state index is -1.08. The highest BCUT2D eigenvalue weighted by Gasteiger charge is 2.17. The van der Waals surface area contributed by atoms with Crippen molar-refractivity contribution in [2.45, 2.75) is 6.54 Å². The highest BCUT2D eigenvalue weighted by atomic mass is 19.1. The van der Waals surface area contributed by atoms with Crippen LogP contribution in [-0.4, -0.2) is 28.9 Å². The Morgan fingerprint density at radius 1 is 1.14 bits per heavy atom. The number of benzene rings is 2. The number of hydrogen-bond donors (Lipinski definition) is 2. The number of ether oxygens (including phenoxy) is 1. The number of esters is 1. The van der Waals surface area contributed by atoms with Crippen LogP contribution in [-0.2, 0) is 11.3 Å². The Bertz CT molecular complexity index is 989. The molecule has 28 heavy (non-hydrogen) atoms. The number of carbonyl (C=O) groups excluding carboxylic acids is 2. The lowest BCUT2D eigenvalue weighted by Gasteiger charge is -2.11. The van der Waals surface area contributed by atoms with E-state index in [0.29, 0.717) is 6.07 Å². The number of anilines is 1. The molecule has 0 radical (unpaired) electrons. The van der Waals surface area contributed by atoms with Crippen LogP contribution >= 0.6 is 0 Å². The third kappa shape index (κ3) is 4.32. The molecule has 0 aliphatic heterocycles. The number of aromatic nitrogens is 2. The van der Waals surface area contributed by atoms with E-state index in [-0.39, 0.29) is 12.2 Å². The first-order chi connectivity index (χ1) is 13.5. The van der Waals surface area contributed by atoms with Crippen molar-refractivity contribution in [2.24, 2.45) is 0 Å². The number of nitrogens with one attached hydrogen (secondary N) is 2. The average Bonchev–Trinajstić information content (AvgIpc) is 3.23. The predicted octanol–water partition coefficient (Wildman–Crippen LogP) is 3.26. The molecule has 3 aromatic rings. The first kappa shape index (κ1) is 19.0. The van der Waals surface area contributed by atoms with Gasteiger partial charge in [-0.2, -0.15) is 5.10 Å². The van der Waals surface area contributed by atoms with E-state index in [0.717, 1.165) is 24.4 Å². The molecule has 2 aromatic carbocycles. The highest BCUT2D eigenvalue weighted by Crippen LogP contribution is 2.20.